The summed E-state index contributed by atoms with van der Waals surface area (Å²) in [4.78, 5) is 12.0. The van der Waals surface area contributed by atoms with Crippen molar-refractivity contribution >= 4 is 33.5 Å². The van der Waals surface area contributed by atoms with E-state index in [2.05, 4.69) is 5.10 Å². The van der Waals surface area contributed by atoms with Crippen LogP contribution in [0, 0.1) is 6.92 Å². The summed E-state index contributed by atoms with van der Waals surface area (Å²) >= 11 is 6.39. The molecule has 0 saturated carbocycles. The number of hydrogen-bond acceptors (Lipinski definition) is 6. The van der Waals surface area contributed by atoms with E-state index in [1.165, 1.54) is 10.8 Å². The van der Waals surface area contributed by atoms with Crippen molar-refractivity contribution in [2.24, 2.45) is 0 Å². The molecule has 3 rings (SSSR count). The second-order valence-corrected chi connectivity index (χ2v) is 9.48. The van der Waals surface area contributed by atoms with Crippen molar-refractivity contribution in [2.75, 3.05) is 25.2 Å². The van der Waals surface area contributed by atoms with Gasteiger partial charge in [-0.2, -0.15) is 5.10 Å². The summed E-state index contributed by atoms with van der Waals surface area (Å²) in [6.07, 6.45) is 3.94. The maximum atomic E-state index is 12.0. The molecule has 156 valence electrons. The van der Waals surface area contributed by atoms with Gasteiger partial charge < -0.3 is 9.47 Å². The molecule has 0 radical (unpaired) electrons. The number of sulfone groups is 1. The van der Waals surface area contributed by atoms with E-state index in [0.717, 1.165) is 11.3 Å². The number of hydrogen-bond donors (Lipinski definition) is 0. The normalized spacial score (nSPS) is 18.2. The van der Waals surface area contributed by atoms with Gasteiger partial charge in [-0.05, 0) is 37.1 Å². The predicted octanol–water partition coefficient (Wildman–Crippen LogP) is 3.01. The molecule has 1 unspecified atom stereocenters. The summed E-state index contributed by atoms with van der Waals surface area (Å²) in [5, 5.41) is 4.68. The first kappa shape index (κ1) is 21.4. The number of nitrogens with zero attached hydrogens (tertiary/aromatic N) is 2. The standard InChI is InChI=1S/C20H23ClN2O5S/c1-14-18(20(21)23(22-14)16-10-12-29(25,26)13-16)7-8-19(24)28-11-9-15-3-5-17(27-2)6-4-15/h3-8,16H,9-13H2,1-2H3/b8-7+. The first-order chi connectivity index (χ1) is 13.8. The Kier molecular flexibility index (Phi) is 6.64. The van der Waals surface area contributed by atoms with Gasteiger partial charge in [-0.15, -0.1) is 0 Å². The van der Waals surface area contributed by atoms with E-state index < -0.39 is 15.8 Å². The van der Waals surface area contributed by atoms with E-state index in [-0.39, 0.29) is 24.2 Å². The van der Waals surface area contributed by atoms with Gasteiger partial charge in [0.15, 0.2) is 9.84 Å². The molecule has 1 aromatic heterocycles. The molecule has 7 nitrogen and oxygen atoms in total. The lowest BCUT2D eigenvalue weighted by atomic mass is 10.1. The fourth-order valence-electron chi connectivity index (χ4n) is 3.19. The number of carbonyl (C=O) groups excluding carboxylic acids is 1. The van der Waals surface area contributed by atoms with Crippen LogP contribution in [0.4, 0.5) is 0 Å². The summed E-state index contributed by atoms with van der Waals surface area (Å²) in [5.41, 5.74) is 2.25. The minimum Gasteiger partial charge on any atom is -0.497 e. The Labute approximate surface area is 175 Å². The monoisotopic (exact) mass is 438 g/mol. The zero-order chi connectivity index (χ0) is 21.0. The van der Waals surface area contributed by atoms with Crippen molar-refractivity contribution in [3.63, 3.8) is 0 Å². The second kappa shape index (κ2) is 9.00. The Balaban J connectivity index is 1.57. The number of ether oxygens (including phenoxy) is 2. The Hall–Kier alpha value is -2.32. The molecule has 1 aliphatic heterocycles. The molecule has 2 aromatic rings. The van der Waals surface area contributed by atoms with Gasteiger partial charge >= 0.3 is 5.97 Å². The van der Waals surface area contributed by atoms with E-state index >= 15 is 0 Å². The maximum absolute atomic E-state index is 12.0. The van der Waals surface area contributed by atoms with Crippen LogP contribution in [0.15, 0.2) is 30.3 Å². The Morgan fingerprint density at radius 1 is 1.34 bits per heavy atom. The van der Waals surface area contributed by atoms with Crippen LogP contribution in [-0.2, 0) is 25.8 Å². The van der Waals surface area contributed by atoms with Crippen LogP contribution in [0.5, 0.6) is 5.75 Å². The van der Waals surface area contributed by atoms with Crippen LogP contribution in [0.25, 0.3) is 6.08 Å². The van der Waals surface area contributed by atoms with Gasteiger partial charge in [-0.3, -0.25) is 0 Å². The van der Waals surface area contributed by atoms with Gasteiger partial charge in [0.2, 0.25) is 0 Å². The summed E-state index contributed by atoms with van der Waals surface area (Å²) < 4.78 is 35.3. The third kappa shape index (κ3) is 5.39. The highest BCUT2D eigenvalue weighted by Crippen LogP contribution is 2.30. The third-order valence-corrected chi connectivity index (χ3v) is 6.93. The Morgan fingerprint density at radius 3 is 2.69 bits per heavy atom. The van der Waals surface area contributed by atoms with E-state index in [9.17, 15) is 13.2 Å². The third-order valence-electron chi connectivity index (χ3n) is 4.81. The smallest absolute Gasteiger partial charge is 0.330 e. The highest BCUT2D eigenvalue weighted by molar-refractivity contribution is 7.91. The molecule has 0 N–H and O–H groups in total. The van der Waals surface area contributed by atoms with Gasteiger partial charge in [-0.1, -0.05) is 23.7 Å². The summed E-state index contributed by atoms with van der Waals surface area (Å²) in [6, 6.07) is 7.28. The summed E-state index contributed by atoms with van der Waals surface area (Å²) in [5.74, 6) is 0.463. The lowest BCUT2D eigenvalue weighted by Gasteiger charge is -2.09. The first-order valence-electron chi connectivity index (χ1n) is 9.22. The van der Waals surface area contributed by atoms with E-state index in [1.807, 2.05) is 24.3 Å². The van der Waals surface area contributed by atoms with Gasteiger partial charge in [0, 0.05) is 18.1 Å². The van der Waals surface area contributed by atoms with Crippen molar-refractivity contribution in [1.29, 1.82) is 0 Å². The van der Waals surface area contributed by atoms with Gasteiger partial charge in [0.1, 0.15) is 10.9 Å². The topological polar surface area (TPSA) is 87.5 Å². The van der Waals surface area contributed by atoms with Crippen molar-refractivity contribution in [3.8, 4) is 5.75 Å². The SMILES string of the molecule is COc1ccc(CCOC(=O)/C=C/c2c(C)nn(C3CCS(=O)(=O)C3)c2Cl)cc1. The summed E-state index contributed by atoms with van der Waals surface area (Å²) in [6.45, 7) is 2.02. The van der Waals surface area contributed by atoms with Crippen molar-refractivity contribution in [1.82, 2.24) is 9.78 Å². The molecular formula is C20H23ClN2O5S. The van der Waals surface area contributed by atoms with Gasteiger partial charge in [-0.25, -0.2) is 17.9 Å². The Bertz CT molecular complexity index is 1010. The van der Waals surface area contributed by atoms with Crippen LogP contribution in [0.1, 0.15) is 29.3 Å². The predicted molar refractivity (Wildman–Crippen MR) is 111 cm³/mol. The van der Waals surface area contributed by atoms with Crippen molar-refractivity contribution < 1.29 is 22.7 Å². The maximum Gasteiger partial charge on any atom is 0.330 e. The van der Waals surface area contributed by atoms with Crippen LogP contribution < -0.4 is 4.74 Å². The molecule has 0 spiro atoms. The average molecular weight is 439 g/mol. The Morgan fingerprint density at radius 2 is 2.07 bits per heavy atom. The van der Waals surface area contributed by atoms with Crippen LogP contribution >= 0.6 is 11.6 Å². The minimum atomic E-state index is -3.05. The number of esters is 1. The fourth-order valence-corrected chi connectivity index (χ4v) is 5.26. The lowest BCUT2D eigenvalue weighted by Crippen LogP contribution is -2.12. The van der Waals surface area contributed by atoms with Crippen LogP contribution in [-0.4, -0.2) is 49.4 Å². The highest BCUT2D eigenvalue weighted by Gasteiger charge is 2.31. The minimum absolute atomic E-state index is 0.0321. The number of halogens is 1. The van der Waals surface area contributed by atoms with Crippen LogP contribution in [0.2, 0.25) is 5.15 Å². The number of benzene rings is 1. The second-order valence-electron chi connectivity index (χ2n) is 6.89. The molecule has 0 amide bonds. The number of methoxy groups -OCH3 is 1. The molecule has 9 heteroatoms. The zero-order valence-corrected chi connectivity index (χ0v) is 17.9. The number of aromatic nitrogens is 2. The first-order valence-corrected chi connectivity index (χ1v) is 11.4. The molecule has 0 aliphatic carbocycles. The highest BCUT2D eigenvalue weighted by atomic mass is 35.5. The van der Waals surface area contributed by atoms with E-state index in [1.54, 1.807) is 20.1 Å². The molecule has 1 atom stereocenters. The molecule has 2 heterocycles. The number of carbonyl (C=O) groups is 1. The van der Waals surface area contributed by atoms with E-state index in [4.69, 9.17) is 21.1 Å². The van der Waals surface area contributed by atoms with Gasteiger partial charge in [0.05, 0.1) is 37.0 Å². The van der Waals surface area contributed by atoms with Crippen molar-refractivity contribution in [3.05, 3.63) is 52.3 Å². The molecule has 1 fully saturated rings. The van der Waals surface area contributed by atoms with Gasteiger partial charge in [0.25, 0.3) is 0 Å². The molecule has 1 aromatic carbocycles. The quantitative estimate of drug-likeness (QED) is 0.487. The fraction of sp³-hybridized carbons (Fsp3) is 0.400. The van der Waals surface area contributed by atoms with Crippen LogP contribution in [0.3, 0.4) is 0 Å². The largest absolute Gasteiger partial charge is 0.497 e. The average Bonchev–Trinajstić information content (AvgIpc) is 3.19. The summed E-state index contributed by atoms with van der Waals surface area (Å²) in [7, 11) is -1.44. The lowest BCUT2D eigenvalue weighted by molar-refractivity contribution is -0.137. The molecule has 29 heavy (non-hydrogen) atoms. The van der Waals surface area contributed by atoms with E-state index in [0.29, 0.717) is 29.3 Å². The number of aryl methyl sites for hydroxylation is 1. The number of rotatable bonds is 7. The molecular weight excluding hydrogens is 416 g/mol. The molecule has 0 bridgehead atoms. The molecule has 1 aliphatic rings. The zero-order valence-electron chi connectivity index (χ0n) is 16.3. The molecule has 1 saturated heterocycles. The van der Waals surface area contributed by atoms with Crippen molar-refractivity contribution in [2.45, 2.75) is 25.8 Å².